The predicted octanol–water partition coefficient (Wildman–Crippen LogP) is 2.50. The molecule has 6 heteroatoms. The van der Waals surface area contributed by atoms with Crippen LogP contribution in [0.5, 0.6) is 0 Å². The third kappa shape index (κ3) is 5.00. The number of Topliss-reactive ketones (excluding diaryl/α,β-unsaturated/α-hetero) is 1. The Balaban J connectivity index is 2.54. The standard InChI is InChI=1S/C21H22N3O3/c1-4-27-21(26)17(15-22)14-19(20(25)16-8-6-5-7-9-16)24-12-10-18(11-13-24)23(2)3/h5-14,22H,4H2,1-3H3/q+1/b19-14-. The van der Waals surface area contributed by atoms with Crippen molar-refractivity contribution in [2.75, 3.05) is 25.6 Å². The quantitative estimate of drug-likeness (QED) is 0.205. The van der Waals surface area contributed by atoms with Gasteiger partial charge in [0, 0.05) is 43.6 Å². The van der Waals surface area contributed by atoms with E-state index in [4.69, 9.17) is 10.1 Å². The van der Waals surface area contributed by atoms with Crippen molar-refractivity contribution in [1.82, 2.24) is 0 Å². The van der Waals surface area contributed by atoms with E-state index >= 15 is 0 Å². The minimum Gasteiger partial charge on any atom is -0.462 e. The molecule has 27 heavy (non-hydrogen) atoms. The number of allylic oxidation sites excluding steroid dienone is 1. The molecule has 0 aliphatic carbocycles. The summed E-state index contributed by atoms with van der Waals surface area (Å²) in [4.78, 5) is 27.0. The van der Waals surface area contributed by atoms with Gasteiger partial charge in [0.05, 0.1) is 6.61 Å². The number of ketones is 1. The molecule has 1 N–H and O–H groups in total. The first-order valence-corrected chi connectivity index (χ1v) is 8.45. The van der Waals surface area contributed by atoms with Gasteiger partial charge in [0.2, 0.25) is 0 Å². The number of nitrogens with one attached hydrogen (secondary N) is 1. The first-order chi connectivity index (χ1) is 13.0. The zero-order valence-electron chi connectivity index (χ0n) is 15.6. The summed E-state index contributed by atoms with van der Waals surface area (Å²) < 4.78 is 6.55. The molecule has 0 saturated carbocycles. The molecule has 2 aromatic rings. The highest BCUT2D eigenvalue weighted by atomic mass is 16.5. The van der Waals surface area contributed by atoms with E-state index in [2.05, 4.69) is 5.87 Å². The molecule has 1 aromatic heterocycles. The predicted molar refractivity (Wildman–Crippen MR) is 104 cm³/mol. The molecule has 0 bridgehead atoms. The van der Waals surface area contributed by atoms with Gasteiger partial charge < -0.3 is 9.64 Å². The molecule has 1 heterocycles. The van der Waals surface area contributed by atoms with Gasteiger partial charge in [-0.05, 0) is 12.8 Å². The molecule has 0 aliphatic rings. The summed E-state index contributed by atoms with van der Waals surface area (Å²) in [6.07, 6.45) is 4.79. The van der Waals surface area contributed by atoms with E-state index in [0.717, 1.165) is 5.69 Å². The van der Waals surface area contributed by atoms with Gasteiger partial charge in [0.25, 0.3) is 11.5 Å². The van der Waals surface area contributed by atoms with Crippen LogP contribution in [0.2, 0.25) is 0 Å². The topological polar surface area (TPSA) is 74.3 Å². The van der Waals surface area contributed by atoms with Crippen LogP contribution in [0.1, 0.15) is 17.3 Å². The Hall–Kier alpha value is -3.50. The van der Waals surface area contributed by atoms with E-state index in [0.29, 0.717) is 5.56 Å². The third-order valence-electron chi connectivity index (χ3n) is 3.79. The summed E-state index contributed by atoms with van der Waals surface area (Å²) in [6.45, 7) is 1.85. The molecular formula is C21H22N3O3+. The van der Waals surface area contributed by atoms with Crippen LogP contribution in [0.4, 0.5) is 5.69 Å². The lowest BCUT2D eigenvalue weighted by Crippen LogP contribution is -2.36. The summed E-state index contributed by atoms with van der Waals surface area (Å²) >= 11 is 0. The van der Waals surface area contributed by atoms with Crippen molar-refractivity contribution in [1.29, 1.82) is 5.41 Å². The normalized spacial score (nSPS) is 10.7. The van der Waals surface area contributed by atoms with Gasteiger partial charge in [0.1, 0.15) is 5.57 Å². The maximum absolute atomic E-state index is 13.0. The zero-order valence-corrected chi connectivity index (χ0v) is 15.6. The van der Waals surface area contributed by atoms with Crippen molar-refractivity contribution in [3.8, 4) is 0 Å². The molecule has 2 rings (SSSR count). The van der Waals surface area contributed by atoms with E-state index < -0.39 is 5.97 Å². The lowest BCUT2D eigenvalue weighted by Gasteiger charge is -2.11. The third-order valence-corrected chi connectivity index (χ3v) is 3.79. The summed E-state index contributed by atoms with van der Waals surface area (Å²) in [6, 6.07) is 12.5. The molecule has 0 radical (unpaired) electrons. The second kappa shape index (κ2) is 9.27. The number of anilines is 1. The van der Waals surface area contributed by atoms with Crippen LogP contribution in [-0.4, -0.2) is 38.3 Å². The fraction of sp³-hybridized carbons (Fsp3) is 0.190. The monoisotopic (exact) mass is 364 g/mol. The highest BCUT2D eigenvalue weighted by Gasteiger charge is 2.24. The van der Waals surface area contributed by atoms with Crippen molar-refractivity contribution in [2.24, 2.45) is 0 Å². The number of carbonyl (C=O) groups is 2. The lowest BCUT2D eigenvalue weighted by molar-refractivity contribution is -0.576. The van der Waals surface area contributed by atoms with E-state index in [1.807, 2.05) is 37.2 Å². The number of ether oxygens (including phenoxy) is 1. The largest absolute Gasteiger partial charge is 0.462 e. The van der Waals surface area contributed by atoms with Gasteiger partial charge in [-0.25, -0.2) is 4.79 Å². The second-order valence-electron chi connectivity index (χ2n) is 5.84. The summed E-state index contributed by atoms with van der Waals surface area (Å²) in [5, 5.41) is 7.40. The fourth-order valence-electron chi connectivity index (χ4n) is 2.36. The lowest BCUT2D eigenvalue weighted by atomic mass is 10.1. The summed E-state index contributed by atoms with van der Waals surface area (Å²) in [5.41, 5.74) is 1.53. The van der Waals surface area contributed by atoms with E-state index in [1.54, 1.807) is 48.1 Å². The Morgan fingerprint density at radius 1 is 1.15 bits per heavy atom. The van der Waals surface area contributed by atoms with Gasteiger partial charge in [-0.15, -0.1) is 0 Å². The number of carbonyl (C=O) groups excluding carboxylic acids is 2. The number of aromatic nitrogens is 1. The van der Waals surface area contributed by atoms with E-state index in [-0.39, 0.29) is 23.7 Å². The molecule has 0 saturated heterocycles. The van der Waals surface area contributed by atoms with Crippen LogP contribution in [-0.2, 0) is 9.53 Å². The van der Waals surface area contributed by atoms with Crippen LogP contribution in [0, 0.1) is 5.41 Å². The Morgan fingerprint density at radius 2 is 1.78 bits per heavy atom. The first-order valence-electron chi connectivity index (χ1n) is 8.45. The molecule has 1 aromatic carbocycles. The number of benzene rings is 1. The zero-order chi connectivity index (χ0) is 19.8. The SMILES string of the molecule is CCOC(=O)C(=C=N)/C=C(/C(=O)c1ccccc1)[n+]1ccc(N(C)C)cc1. The molecule has 0 spiro atoms. The van der Waals surface area contributed by atoms with Crippen molar-refractivity contribution >= 4 is 29.0 Å². The molecule has 0 atom stereocenters. The van der Waals surface area contributed by atoms with Gasteiger partial charge in [-0.3, -0.25) is 10.2 Å². The fourth-order valence-corrected chi connectivity index (χ4v) is 2.36. The number of esters is 1. The van der Waals surface area contributed by atoms with Crippen molar-refractivity contribution < 1.29 is 18.9 Å². The average molecular weight is 364 g/mol. The molecule has 0 amide bonds. The molecule has 0 fully saturated rings. The number of pyridine rings is 1. The molecular weight excluding hydrogens is 342 g/mol. The maximum atomic E-state index is 13.0. The Kier molecular flexibility index (Phi) is 6.80. The number of hydrogen-bond donors (Lipinski definition) is 1. The molecule has 0 aliphatic heterocycles. The van der Waals surface area contributed by atoms with Crippen molar-refractivity contribution in [3.63, 3.8) is 0 Å². The van der Waals surface area contributed by atoms with Gasteiger partial charge >= 0.3 is 5.97 Å². The Labute approximate surface area is 158 Å². The van der Waals surface area contributed by atoms with Gasteiger partial charge in [-0.2, -0.15) is 4.57 Å². The summed E-state index contributed by atoms with van der Waals surface area (Å²) in [5.74, 6) is 1.08. The van der Waals surface area contributed by atoms with Gasteiger partial charge in [0.15, 0.2) is 12.4 Å². The van der Waals surface area contributed by atoms with Crippen LogP contribution < -0.4 is 9.47 Å². The van der Waals surface area contributed by atoms with E-state index in [9.17, 15) is 9.59 Å². The summed E-state index contributed by atoms with van der Waals surface area (Å²) in [7, 11) is 3.84. The maximum Gasteiger partial charge on any atom is 0.347 e. The highest BCUT2D eigenvalue weighted by molar-refractivity contribution is 6.23. The number of nitrogens with zero attached hydrogens (tertiary/aromatic N) is 2. The second-order valence-corrected chi connectivity index (χ2v) is 5.84. The molecule has 0 unspecified atom stereocenters. The van der Waals surface area contributed by atoms with Gasteiger partial charge in [-0.1, -0.05) is 30.3 Å². The minimum absolute atomic E-state index is 0.125. The van der Waals surface area contributed by atoms with Crippen molar-refractivity contribution in [3.05, 3.63) is 72.1 Å². The number of hydrogen-bond acceptors (Lipinski definition) is 5. The first kappa shape index (κ1) is 19.8. The Morgan fingerprint density at radius 3 is 2.30 bits per heavy atom. The van der Waals surface area contributed by atoms with Crippen LogP contribution in [0.25, 0.3) is 5.70 Å². The highest BCUT2D eigenvalue weighted by Crippen LogP contribution is 2.13. The average Bonchev–Trinajstić information content (AvgIpc) is 2.69. The molecule has 6 nitrogen and oxygen atoms in total. The number of rotatable bonds is 7. The van der Waals surface area contributed by atoms with Crippen LogP contribution in [0.3, 0.4) is 0 Å². The van der Waals surface area contributed by atoms with Crippen LogP contribution >= 0.6 is 0 Å². The minimum atomic E-state index is -0.698. The Bertz CT molecular complexity index is 894. The molecule has 138 valence electrons. The smallest absolute Gasteiger partial charge is 0.347 e. The van der Waals surface area contributed by atoms with Crippen LogP contribution in [0.15, 0.2) is 66.5 Å². The van der Waals surface area contributed by atoms with E-state index in [1.165, 1.54) is 6.08 Å². The van der Waals surface area contributed by atoms with Crippen molar-refractivity contribution in [2.45, 2.75) is 6.92 Å².